The second-order valence-electron chi connectivity index (χ2n) is 6.88. The Bertz CT molecular complexity index is 635. The third-order valence-electron chi connectivity index (χ3n) is 4.83. The van der Waals surface area contributed by atoms with Crippen LogP contribution in [0.2, 0.25) is 0 Å². The van der Waals surface area contributed by atoms with Crippen LogP contribution in [-0.4, -0.2) is 42.6 Å². The highest BCUT2D eigenvalue weighted by atomic mass is 16.5. The Morgan fingerprint density at radius 2 is 1.92 bits per heavy atom. The SMILES string of the molecule is CCOc1ccc(NC(=O)N2CCC(NC(=O)C3CC3)CC2)c(C)c1. The van der Waals surface area contributed by atoms with Crippen LogP contribution in [0.5, 0.6) is 5.75 Å². The van der Waals surface area contributed by atoms with Crippen LogP contribution in [-0.2, 0) is 4.79 Å². The second kappa shape index (κ2) is 7.76. The van der Waals surface area contributed by atoms with Crippen LogP contribution in [0, 0.1) is 12.8 Å². The molecule has 0 spiro atoms. The number of ether oxygens (including phenoxy) is 1. The van der Waals surface area contributed by atoms with E-state index in [-0.39, 0.29) is 23.9 Å². The van der Waals surface area contributed by atoms with Crippen LogP contribution in [0.4, 0.5) is 10.5 Å². The highest BCUT2D eigenvalue weighted by Crippen LogP contribution is 2.29. The van der Waals surface area contributed by atoms with Crippen molar-refractivity contribution < 1.29 is 14.3 Å². The summed E-state index contributed by atoms with van der Waals surface area (Å²) in [5, 5.41) is 6.08. The number of amides is 3. The Morgan fingerprint density at radius 3 is 2.52 bits per heavy atom. The van der Waals surface area contributed by atoms with Crippen LogP contribution >= 0.6 is 0 Å². The number of anilines is 1. The molecule has 2 aliphatic rings. The van der Waals surface area contributed by atoms with E-state index in [0.29, 0.717) is 19.7 Å². The van der Waals surface area contributed by atoms with E-state index < -0.39 is 0 Å². The van der Waals surface area contributed by atoms with Crippen molar-refractivity contribution in [1.82, 2.24) is 10.2 Å². The molecule has 1 saturated carbocycles. The van der Waals surface area contributed by atoms with Crippen LogP contribution in [0.15, 0.2) is 18.2 Å². The molecule has 1 aliphatic carbocycles. The van der Waals surface area contributed by atoms with Gasteiger partial charge in [-0.05, 0) is 63.3 Å². The van der Waals surface area contributed by atoms with E-state index in [9.17, 15) is 9.59 Å². The average Bonchev–Trinajstić information content (AvgIpc) is 3.43. The number of hydrogen-bond acceptors (Lipinski definition) is 3. The smallest absolute Gasteiger partial charge is 0.321 e. The van der Waals surface area contributed by atoms with Crippen LogP contribution < -0.4 is 15.4 Å². The molecule has 6 nitrogen and oxygen atoms in total. The molecule has 1 aromatic rings. The van der Waals surface area contributed by atoms with Crippen molar-refractivity contribution in [2.24, 2.45) is 5.92 Å². The predicted octanol–water partition coefficient (Wildman–Crippen LogP) is 2.92. The highest BCUT2D eigenvalue weighted by molar-refractivity contribution is 5.90. The maximum atomic E-state index is 12.5. The van der Waals surface area contributed by atoms with Gasteiger partial charge in [0.15, 0.2) is 0 Å². The van der Waals surface area contributed by atoms with E-state index in [1.807, 2.05) is 36.9 Å². The first kappa shape index (κ1) is 17.6. The number of carbonyl (C=O) groups excluding carboxylic acids is 2. The Hall–Kier alpha value is -2.24. The zero-order valence-corrected chi connectivity index (χ0v) is 15.0. The summed E-state index contributed by atoms with van der Waals surface area (Å²) < 4.78 is 5.47. The first-order valence-corrected chi connectivity index (χ1v) is 9.16. The lowest BCUT2D eigenvalue weighted by Gasteiger charge is -2.32. The molecule has 3 rings (SSSR count). The topological polar surface area (TPSA) is 70.7 Å². The molecule has 1 aliphatic heterocycles. The Morgan fingerprint density at radius 1 is 1.20 bits per heavy atom. The minimum absolute atomic E-state index is 0.0840. The Labute approximate surface area is 148 Å². The number of urea groups is 1. The minimum atomic E-state index is -0.0840. The molecule has 6 heteroatoms. The molecule has 0 bridgehead atoms. The maximum absolute atomic E-state index is 12.5. The largest absolute Gasteiger partial charge is 0.494 e. The molecule has 1 aromatic carbocycles. The van der Waals surface area contributed by atoms with Gasteiger partial charge in [-0.15, -0.1) is 0 Å². The number of hydrogen-bond donors (Lipinski definition) is 2. The zero-order valence-electron chi connectivity index (χ0n) is 15.0. The number of piperidine rings is 1. The standard InChI is InChI=1S/C19H27N3O3/c1-3-25-16-6-7-17(13(2)12-16)21-19(24)22-10-8-15(9-11-22)20-18(23)14-4-5-14/h6-7,12,14-15H,3-5,8-11H2,1-2H3,(H,20,23)(H,21,24). The minimum Gasteiger partial charge on any atom is -0.494 e. The summed E-state index contributed by atoms with van der Waals surface area (Å²) >= 11 is 0. The number of aryl methyl sites for hydroxylation is 1. The quantitative estimate of drug-likeness (QED) is 0.862. The van der Waals surface area contributed by atoms with Crippen molar-refractivity contribution in [2.75, 3.05) is 25.0 Å². The van der Waals surface area contributed by atoms with E-state index in [2.05, 4.69) is 10.6 Å². The first-order chi connectivity index (χ1) is 12.1. The van der Waals surface area contributed by atoms with E-state index in [1.54, 1.807) is 0 Å². The zero-order chi connectivity index (χ0) is 17.8. The molecule has 3 amide bonds. The molecule has 136 valence electrons. The number of nitrogens with zero attached hydrogens (tertiary/aromatic N) is 1. The lowest BCUT2D eigenvalue weighted by molar-refractivity contribution is -0.123. The van der Waals surface area contributed by atoms with Crippen molar-refractivity contribution in [3.05, 3.63) is 23.8 Å². The normalized spacial score (nSPS) is 17.9. The van der Waals surface area contributed by atoms with Crippen molar-refractivity contribution in [3.8, 4) is 5.75 Å². The molecule has 0 radical (unpaired) electrons. The van der Waals surface area contributed by atoms with Gasteiger partial charge >= 0.3 is 6.03 Å². The van der Waals surface area contributed by atoms with Gasteiger partial charge in [-0.1, -0.05) is 0 Å². The number of likely N-dealkylation sites (tertiary alicyclic amines) is 1. The number of nitrogens with one attached hydrogen (secondary N) is 2. The molecule has 0 atom stereocenters. The highest BCUT2D eigenvalue weighted by Gasteiger charge is 2.32. The molecular weight excluding hydrogens is 318 g/mol. The van der Waals surface area contributed by atoms with Gasteiger partial charge in [-0.2, -0.15) is 0 Å². The summed E-state index contributed by atoms with van der Waals surface area (Å²) in [6.45, 7) is 5.85. The van der Waals surface area contributed by atoms with Gasteiger partial charge in [-0.3, -0.25) is 4.79 Å². The predicted molar refractivity (Wildman–Crippen MR) is 96.8 cm³/mol. The van der Waals surface area contributed by atoms with Gasteiger partial charge in [0.2, 0.25) is 5.91 Å². The van der Waals surface area contributed by atoms with E-state index in [0.717, 1.165) is 42.7 Å². The summed E-state index contributed by atoms with van der Waals surface area (Å²) in [7, 11) is 0. The third kappa shape index (κ3) is 4.65. The van der Waals surface area contributed by atoms with Crippen LogP contribution in [0.25, 0.3) is 0 Å². The van der Waals surface area contributed by atoms with Gasteiger partial charge in [0.1, 0.15) is 5.75 Å². The summed E-state index contributed by atoms with van der Waals surface area (Å²) in [6, 6.07) is 5.79. The lowest BCUT2D eigenvalue weighted by Crippen LogP contribution is -2.48. The van der Waals surface area contributed by atoms with Crippen LogP contribution in [0.3, 0.4) is 0 Å². The van der Waals surface area contributed by atoms with Crippen molar-refractivity contribution in [2.45, 2.75) is 45.6 Å². The molecule has 0 aromatic heterocycles. The molecule has 2 fully saturated rings. The fraction of sp³-hybridized carbons (Fsp3) is 0.579. The fourth-order valence-corrected chi connectivity index (χ4v) is 3.12. The number of rotatable bonds is 5. The molecule has 0 unspecified atom stereocenters. The van der Waals surface area contributed by atoms with Gasteiger partial charge < -0.3 is 20.3 Å². The Balaban J connectivity index is 1.48. The summed E-state index contributed by atoms with van der Waals surface area (Å²) in [5.74, 6) is 1.24. The van der Waals surface area contributed by atoms with Crippen molar-refractivity contribution in [1.29, 1.82) is 0 Å². The lowest BCUT2D eigenvalue weighted by atomic mass is 10.1. The van der Waals surface area contributed by atoms with E-state index >= 15 is 0 Å². The first-order valence-electron chi connectivity index (χ1n) is 9.16. The van der Waals surface area contributed by atoms with Crippen molar-refractivity contribution >= 4 is 17.6 Å². The summed E-state index contributed by atoms with van der Waals surface area (Å²) in [6.07, 6.45) is 3.67. The maximum Gasteiger partial charge on any atom is 0.321 e. The fourth-order valence-electron chi connectivity index (χ4n) is 3.12. The average molecular weight is 345 g/mol. The third-order valence-corrected chi connectivity index (χ3v) is 4.83. The van der Waals surface area contributed by atoms with E-state index in [1.165, 1.54) is 0 Å². The molecule has 2 N–H and O–H groups in total. The van der Waals surface area contributed by atoms with Crippen molar-refractivity contribution in [3.63, 3.8) is 0 Å². The molecule has 1 heterocycles. The molecule has 1 saturated heterocycles. The Kier molecular flexibility index (Phi) is 5.46. The number of benzene rings is 1. The second-order valence-corrected chi connectivity index (χ2v) is 6.88. The van der Waals surface area contributed by atoms with Gasteiger partial charge in [0.25, 0.3) is 0 Å². The van der Waals surface area contributed by atoms with Gasteiger partial charge in [0, 0.05) is 30.7 Å². The van der Waals surface area contributed by atoms with Crippen LogP contribution in [0.1, 0.15) is 38.2 Å². The van der Waals surface area contributed by atoms with Gasteiger partial charge in [0.05, 0.1) is 6.61 Å². The molecule has 25 heavy (non-hydrogen) atoms. The van der Waals surface area contributed by atoms with E-state index in [4.69, 9.17) is 4.74 Å². The number of carbonyl (C=O) groups is 2. The summed E-state index contributed by atoms with van der Waals surface area (Å²) in [5.41, 5.74) is 1.78. The summed E-state index contributed by atoms with van der Waals surface area (Å²) in [4.78, 5) is 26.1. The van der Waals surface area contributed by atoms with Gasteiger partial charge in [-0.25, -0.2) is 4.79 Å². The monoisotopic (exact) mass is 345 g/mol. The molecular formula is C19H27N3O3.